The van der Waals surface area contributed by atoms with Crippen molar-refractivity contribution in [1.82, 2.24) is 14.8 Å². The summed E-state index contributed by atoms with van der Waals surface area (Å²) in [5, 5.41) is 3.02. The number of rotatable bonds is 5. The molecule has 1 aromatic carbocycles. The van der Waals surface area contributed by atoms with Gasteiger partial charge in [-0.2, -0.15) is 0 Å². The highest BCUT2D eigenvalue weighted by molar-refractivity contribution is 5.92. The van der Waals surface area contributed by atoms with Gasteiger partial charge in [-0.15, -0.1) is 0 Å². The summed E-state index contributed by atoms with van der Waals surface area (Å²) in [7, 11) is 1.81. The maximum absolute atomic E-state index is 12.5. The van der Waals surface area contributed by atoms with Crippen molar-refractivity contribution in [1.29, 1.82) is 0 Å². The van der Waals surface area contributed by atoms with Crippen molar-refractivity contribution in [3.05, 3.63) is 69.6 Å². The maximum Gasteiger partial charge on any atom is 0.268 e. The van der Waals surface area contributed by atoms with E-state index in [0.29, 0.717) is 18.2 Å². The third kappa shape index (κ3) is 4.61. The lowest BCUT2D eigenvalue weighted by Gasteiger charge is -2.32. The maximum atomic E-state index is 12.5. The topological polar surface area (TPSA) is 54.3 Å². The number of benzene rings is 1. The van der Waals surface area contributed by atoms with E-state index in [-0.39, 0.29) is 11.3 Å². The van der Waals surface area contributed by atoms with E-state index in [4.69, 9.17) is 0 Å². The second-order valence-corrected chi connectivity index (χ2v) is 7.22. The van der Waals surface area contributed by atoms with Crippen LogP contribution in [0.5, 0.6) is 0 Å². The quantitative estimate of drug-likeness (QED) is 0.898. The number of likely N-dealkylation sites (tertiary alicyclic amines) is 1. The van der Waals surface area contributed by atoms with Crippen molar-refractivity contribution in [2.45, 2.75) is 26.3 Å². The smallest absolute Gasteiger partial charge is 0.268 e. The number of nitrogens with one attached hydrogen (secondary N) is 1. The molecule has 1 aromatic heterocycles. The van der Waals surface area contributed by atoms with Gasteiger partial charge in [0.15, 0.2) is 5.43 Å². The number of pyridine rings is 1. The van der Waals surface area contributed by atoms with E-state index in [0.717, 1.165) is 38.2 Å². The standard InChI is InChI=1S/C21H27N3O2/c1-16-11-19(25)12-20(23(16)2)21(26)22-13-18-9-6-10-24(15-18)14-17-7-4-3-5-8-17/h3-5,7-8,11-12,18H,6,9-10,13-15H2,1-2H3,(H,22,26)/t18-/m0/s1. The molecule has 0 radical (unpaired) electrons. The summed E-state index contributed by atoms with van der Waals surface area (Å²) in [5.41, 5.74) is 2.41. The van der Waals surface area contributed by atoms with E-state index in [1.165, 1.54) is 11.6 Å². The normalized spacial score (nSPS) is 17.8. The summed E-state index contributed by atoms with van der Waals surface area (Å²) < 4.78 is 1.76. The van der Waals surface area contributed by atoms with E-state index in [2.05, 4.69) is 34.5 Å². The molecule has 1 N–H and O–H groups in total. The molecule has 26 heavy (non-hydrogen) atoms. The van der Waals surface area contributed by atoms with Gasteiger partial charge in [-0.1, -0.05) is 30.3 Å². The van der Waals surface area contributed by atoms with Crippen molar-refractivity contribution in [3.8, 4) is 0 Å². The Labute approximate surface area is 154 Å². The number of amides is 1. The van der Waals surface area contributed by atoms with Gasteiger partial charge >= 0.3 is 0 Å². The molecule has 1 aliphatic rings. The average Bonchev–Trinajstić information content (AvgIpc) is 2.64. The van der Waals surface area contributed by atoms with Crippen molar-refractivity contribution in [3.63, 3.8) is 0 Å². The van der Waals surface area contributed by atoms with Gasteiger partial charge in [-0.05, 0) is 37.8 Å². The van der Waals surface area contributed by atoms with Gasteiger partial charge in [0.05, 0.1) is 0 Å². The zero-order valence-electron chi connectivity index (χ0n) is 15.6. The number of carbonyl (C=O) groups is 1. The van der Waals surface area contributed by atoms with Crippen molar-refractivity contribution in [2.75, 3.05) is 19.6 Å². The molecular weight excluding hydrogens is 326 g/mol. The van der Waals surface area contributed by atoms with Crippen LogP contribution in [0.2, 0.25) is 0 Å². The molecule has 1 amide bonds. The van der Waals surface area contributed by atoms with Crippen LogP contribution in [0.15, 0.2) is 47.3 Å². The van der Waals surface area contributed by atoms with Gasteiger partial charge in [0.1, 0.15) is 5.69 Å². The third-order valence-electron chi connectivity index (χ3n) is 5.16. The van der Waals surface area contributed by atoms with E-state index in [1.54, 1.807) is 10.6 Å². The van der Waals surface area contributed by atoms with Crippen LogP contribution in [0.25, 0.3) is 0 Å². The van der Waals surface area contributed by atoms with Crippen LogP contribution in [-0.2, 0) is 13.6 Å². The Kier molecular flexibility index (Phi) is 5.89. The van der Waals surface area contributed by atoms with Gasteiger partial charge in [-0.3, -0.25) is 14.5 Å². The van der Waals surface area contributed by atoms with Gasteiger partial charge in [0, 0.05) is 44.5 Å². The van der Waals surface area contributed by atoms with Crippen LogP contribution in [0.3, 0.4) is 0 Å². The molecule has 138 valence electrons. The first-order valence-electron chi connectivity index (χ1n) is 9.25. The minimum absolute atomic E-state index is 0.127. The van der Waals surface area contributed by atoms with Gasteiger partial charge in [0.2, 0.25) is 0 Å². The van der Waals surface area contributed by atoms with E-state index >= 15 is 0 Å². The number of hydrogen-bond donors (Lipinski definition) is 1. The monoisotopic (exact) mass is 353 g/mol. The Hall–Kier alpha value is -2.40. The molecule has 2 aromatic rings. The Morgan fingerprint density at radius 1 is 1.23 bits per heavy atom. The number of aromatic nitrogens is 1. The predicted molar refractivity (Wildman–Crippen MR) is 103 cm³/mol. The summed E-state index contributed by atoms with van der Waals surface area (Å²) in [6.07, 6.45) is 2.27. The molecule has 0 bridgehead atoms. The fraction of sp³-hybridized carbons (Fsp3) is 0.429. The summed E-state index contributed by atoms with van der Waals surface area (Å²) in [6, 6.07) is 13.4. The minimum Gasteiger partial charge on any atom is -0.350 e. The second-order valence-electron chi connectivity index (χ2n) is 7.22. The zero-order valence-corrected chi connectivity index (χ0v) is 15.6. The van der Waals surface area contributed by atoms with Crippen LogP contribution < -0.4 is 10.7 Å². The Morgan fingerprint density at radius 3 is 2.77 bits per heavy atom. The number of piperidine rings is 1. The van der Waals surface area contributed by atoms with Gasteiger partial charge in [0.25, 0.3) is 5.91 Å². The minimum atomic E-state index is -0.173. The fourth-order valence-electron chi connectivity index (χ4n) is 3.61. The molecule has 1 saturated heterocycles. The molecule has 1 fully saturated rings. The molecule has 0 spiro atoms. The number of hydrogen-bond acceptors (Lipinski definition) is 3. The Morgan fingerprint density at radius 2 is 2.00 bits per heavy atom. The molecule has 5 nitrogen and oxygen atoms in total. The van der Waals surface area contributed by atoms with Crippen molar-refractivity contribution in [2.24, 2.45) is 13.0 Å². The van der Waals surface area contributed by atoms with Crippen LogP contribution in [0, 0.1) is 12.8 Å². The molecular formula is C21H27N3O2. The first kappa shape index (κ1) is 18.4. The Bertz CT molecular complexity index is 814. The fourth-order valence-corrected chi connectivity index (χ4v) is 3.61. The summed E-state index contributed by atoms with van der Waals surface area (Å²) in [4.78, 5) is 26.6. The van der Waals surface area contributed by atoms with E-state index < -0.39 is 0 Å². The molecule has 0 unspecified atom stereocenters. The molecule has 1 aliphatic heterocycles. The number of aryl methyl sites for hydroxylation is 1. The summed E-state index contributed by atoms with van der Waals surface area (Å²) in [6.45, 7) is 5.53. The van der Waals surface area contributed by atoms with Gasteiger partial charge in [-0.25, -0.2) is 0 Å². The second kappa shape index (κ2) is 8.32. The Balaban J connectivity index is 1.56. The first-order valence-corrected chi connectivity index (χ1v) is 9.25. The predicted octanol–water partition coefficient (Wildman–Crippen LogP) is 2.34. The lowest BCUT2D eigenvalue weighted by atomic mass is 9.97. The van der Waals surface area contributed by atoms with Crippen LogP contribution in [0.1, 0.15) is 34.6 Å². The first-order chi connectivity index (χ1) is 12.5. The number of carbonyl (C=O) groups excluding carboxylic acids is 1. The zero-order chi connectivity index (χ0) is 18.5. The molecule has 1 atom stereocenters. The van der Waals surface area contributed by atoms with Crippen LogP contribution in [-0.4, -0.2) is 35.0 Å². The van der Waals surface area contributed by atoms with E-state index in [9.17, 15) is 9.59 Å². The van der Waals surface area contributed by atoms with Crippen molar-refractivity contribution < 1.29 is 4.79 Å². The highest BCUT2D eigenvalue weighted by atomic mass is 16.2. The van der Waals surface area contributed by atoms with Gasteiger partial charge < -0.3 is 9.88 Å². The molecule has 0 saturated carbocycles. The largest absolute Gasteiger partial charge is 0.350 e. The highest BCUT2D eigenvalue weighted by Crippen LogP contribution is 2.18. The lowest BCUT2D eigenvalue weighted by molar-refractivity contribution is 0.0921. The summed E-state index contributed by atoms with van der Waals surface area (Å²) >= 11 is 0. The SMILES string of the molecule is Cc1cc(=O)cc(C(=O)NC[C@@H]2CCCN(Cc3ccccc3)C2)n1C. The number of nitrogens with zero attached hydrogens (tertiary/aromatic N) is 2. The van der Waals surface area contributed by atoms with E-state index in [1.807, 2.05) is 20.0 Å². The molecule has 0 aliphatic carbocycles. The average molecular weight is 353 g/mol. The lowest BCUT2D eigenvalue weighted by Crippen LogP contribution is -2.41. The third-order valence-corrected chi connectivity index (χ3v) is 5.16. The highest BCUT2D eigenvalue weighted by Gasteiger charge is 2.21. The summed E-state index contributed by atoms with van der Waals surface area (Å²) in [5.74, 6) is 0.270. The van der Waals surface area contributed by atoms with Crippen LogP contribution in [0.4, 0.5) is 0 Å². The van der Waals surface area contributed by atoms with Crippen LogP contribution >= 0.6 is 0 Å². The molecule has 3 rings (SSSR count). The molecule has 2 heterocycles. The van der Waals surface area contributed by atoms with Crippen molar-refractivity contribution >= 4 is 5.91 Å². The molecule has 5 heteroatoms.